The van der Waals surface area contributed by atoms with Crippen LogP contribution in [0.4, 0.5) is 16.2 Å². The van der Waals surface area contributed by atoms with Gasteiger partial charge in [0, 0.05) is 51.2 Å². The molecule has 2 amide bonds. The largest absolute Gasteiger partial charge is 0.508 e. The van der Waals surface area contributed by atoms with Crippen LogP contribution in [0.2, 0.25) is 0 Å². The fraction of sp³-hybridized carbons (Fsp3) is 0.412. The molecule has 0 atom stereocenters. The smallest absolute Gasteiger partial charge is 0.322 e. The number of rotatable bonds is 5. The lowest BCUT2D eigenvalue weighted by atomic mass is 10.2. The summed E-state index contributed by atoms with van der Waals surface area (Å²) in [5.41, 5.74) is 1.65. The van der Waals surface area contributed by atoms with Gasteiger partial charge < -0.3 is 25.0 Å². The maximum absolute atomic E-state index is 12.4. The van der Waals surface area contributed by atoms with E-state index in [1.54, 1.807) is 41.2 Å². The summed E-state index contributed by atoms with van der Waals surface area (Å²) < 4.78 is 6.74. The van der Waals surface area contributed by atoms with Gasteiger partial charge in [0.2, 0.25) is 0 Å². The molecule has 0 unspecified atom stereocenters. The molecule has 8 heteroatoms. The molecular formula is C17H23N5O3. The van der Waals surface area contributed by atoms with Gasteiger partial charge in [-0.05, 0) is 12.1 Å². The highest BCUT2D eigenvalue weighted by molar-refractivity contribution is 5.89. The Labute approximate surface area is 146 Å². The molecule has 0 bridgehead atoms. The highest BCUT2D eigenvalue weighted by atomic mass is 16.5. The number of piperazine rings is 1. The van der Waals surface area contributed by atoms with Crippen LogP contribution in [0.15, 0.2) is 36.7 Å². The number of methoxy groups -OCH3 is 1. The fourth-order valence-electron chi connectivity index (χ4n) is 2.80. The molecule has 0 saturated carbocycles. The Balaban J connectivity index is 1.50. The molecule has 1 fully saturated rings. The summed E-state index contributed by atoms with van der Waals surface area (Å²) in [6.45, 7) is 3.92. The first-order chi connectivity index (χ1) is 12.2. The van der Waals surface area contributed by atoms with E-state index >= 15 is 0 Å². The highest BCUT2D eigenvalue weighted by Gasteiger charge is 2.21. The monoisotopic (exact) mass is 345 g/mol. The second-order valence-corrected chi connectivity index (χ2v) is 5.91. The first kappa shape index (κ1) is 17.1. The second kappa shape index (κ2) is 7.89. The standard InChI is InChI=1S/C17H23N5O3/c1-25-10-9-22-13-14(12-18-22)19-17(24)21-7-5-20(6-8-21)15-3-2-4-16(23)11-15/h2-4,11-13,23H,5-10H2,1H3,(H,19,24). The normalized spacial score (nSPS) is 14.6. The molecule has 1 aliphatic rings. The lowest BCUT2D eigenvalue weighted by Crippen LogP contribution is -2.50. The van der Waals surface area contributed by atoms with E-state index in [1.807, 2.05) is 12.1 Å². The van der Waals surface area contributed by atoms with E-state index in [4.69, 9.17) is 4.74 Å². The number of aromatic nitrogens is 2. The minimum Gasteiger partial charge on any atom is -0.508 e. The third-order valence-corrected chi connectivity index (χ3v) is 4.17. The van der Waals surface area contributed by atoms with E-state index in [0.717, 1.165) is 18.8 Å². The van der Waals surface area contributed by atoms with Gasteiger partial charge in [0.05, 0.1) is 25.0 Å². The molecule has 0 radical (unpaired) electrons. The van der Waals surface area contributed by atoms with Crippen molar-refractivity contribution in [3.63, 3.8) is 0 Å². The summed E-state index contributed by atoms with van der Waals surface area (Å²) in [5.74, 6) is 0.253. The van der Waals surface area contributed by atoms with Crippen molar-refractivity contribution in [2.75, 3.05) is 50.1 Å². The SMILES string of the molecule is COCCn1cc(NC(=O)N2CCN(c3cccc(O)c3)CC2)cn1. The van der Waals surface area contributed by atoms with Gasteiger partial charge in [0.1, 0.15) is 5.75 Å². The van der Waals surface area contributed by atoms with E-state index in [2.05, 4.69) is 15.3 Å². The lowest BCUT2D eigenvalue weighted by molar-refractivity contribution is 0.183. The number of carbonyl (C=O) groups is 1. The van der Waals surface area contributed by atoms with Gasteiger partial charge in [0.25, 0.3) is 0 Å². The van der Waals surface area contributed by atoms with Crippen LogP contribution in [0.5, 0.6) is 5.75 Å². The van der Waals surface area contributed by atoms with Crippen molar-refractivity contribution in [1.29, 1.82) is 0 Å². The Morgan fingerprint density at radius 3 is 2.84 bits per heavy atom. The van der Waals surface area contributed by atoms with Crippen LogP contribution >= 0.6 is 0 Å². The lowest BCUT2D eigenvalue weighted by Gasteiger charge is -2.36. The summed E-state index contributed by atoms with van der Waals surface area (Å²) in [6, 6.07) is 7.06. The molecule has 134 valence electrons. The van der Waals surface area contributed by atoms with Crippen LogP contribution in [0.1, 0.15) is 0 Å². The Kier molecular flexibility index (Phi) is 5.39. The van der Waals surface area contributed by atoms with E-state index in [-0.39, 0.29) is 11.8 Å². The van der Waals surface area contributed by atoms with Crippen molar-refractivity contribution in [2.45, 2.75) is 6.54 Å². The topological polar surface area (TPSA) is 82.9 Å². The predicted molar refractivity (Wildman–Crippen MR) is 95.0 cm³/mol. The summed E-state index contributed by atoms with van der Waals surface area (Å²) in [4.78, 5) is 16.3. The van der Waals surface area contributed by atoms with Gasteiger partial charge in [-0.3, -0.25) is 4.68 Å². The number of ether oxygens (including phenoxy) is 1. The van der Waals surface area contributed by atoms with Crippen LogP contribution in [0, 0.1) is 0 Å². The van der Waals surface area contributed by atoms with E-state index in [0.29, 0.717) is 31.9 Å². The molecule has 1 aliphatic heterocycles. The summed E-state index contributed by atoms with van der Waals surface area (Å²) >= 11 is 0. The van der Waals surface area contributed by atoms with Gasteiger partial charge in [0.15, 0.2) is 0 Å². The van der Waals surface area contributed by atoms with Crippen LogP contribution in [0.25, 0.3) is 0 Å². The zero-order valence-corrected chi connectivity index (χ0v) is 14.3. The van der Waals surface area contributed by atoms with E-state index < -0.39 is 0 Å². The number of carbonyl (C=O) groups excluding carboxylic acids is 1. The molecule has 8 nitrogen and oxygen atoms in total. The first-order valence-electron chi connectivity index (χ1n) is 8.27. The molecule has 1 aromatic heterocycles. The molecule has 25 heavy (non-hydrogen) atoms. The number of hydrogen-bond acceptors (Lipinski definition) is 5. The van der Waals surface area contributed by atoms with Crippen LogP contribution < -0.4 is 10.2 Å². The third kappa shape index (κ3) is 4.42. The average molecular weight is 345 g/mol. The Bertz CT molecular complexity index is 710. The number of anilines is 2. The fourth-order valence-corrected chi connectivity index (χ4v) is 2.80. The minimum absolute atomic E-state index is 0.123. The Hall–Kier alpha value is -2.74. The Morgan fingerprint density at radius 1 is 1.32 bits per heavy atom. The van der Waals surface area contributed by atoms with Crippen LogP contribution in [-0.2, 0) is 11.3 Å². The van der Waals surface area contributed by atoms with Gasteiger partial charge in [-0.1, -0.05) is 6.07 Å². The minimum atomic E-state index is -0.123. The summed E-state index contributed by atoms with van der Waals surface area (Å²) in [7, 11) is 1.64. The van der Waals surface area contributed by atoms with Crippen molar-refractivity contribution in [3.8, 4) is 5.75 Å². The molecule has 1 saturated heterocycles. The molecule has 0 aliphatic carbocycles. The van der Waals surface area contributed by atoms with Crippen molar-refractivity contribution in [2.24, 2.45) is 0 Å². The Morgan fingerprint density at radius 2 is 2.12 bits per heavy atom. The summed E-state index contributed by atoms with van der Waals surface area (Å²) in [5, 5.41) is 16.6. The quantitative estimate of drug-likeness (QED) is 0.860. The number of urea groups is 1. The van der Waals surface area contributed by atoms with E-state index in [9.17, 15) is 9.90 Å². The predicted octanol–water partition coefficient (Wildman–Crippen LogP) is 1.59. The molecule has 2 heterocycles. The highest BCUT2D eigenvalue weighted by Crippen LogP contribution is 2.21. The van der Waals surface area contributed by atoms with Gasteiger partial charge in [-0.25, -0.2) is 4.79 Å². The zero-order chi connectivity index (χ0) is 17.6. The van der Waals surface area contributed by atoms with Crippen molar-refractivity contribution in [3.05, 3.63) is 36.7 Å². The summed E-state index contributed by atoms with van der Waals surface area (Å²) in [6.07, 6.45) is 3.43. The molecule has 1 aromatic carbocycles. The maximum Gasteiger partial charge on any atom is 0.322 e. The van der Waals surface area contributed by atoms with Crippen molar-refractivity contribution in [1.82, 2.24) is 14.7 Å². The number of amides is 2. The maximum atomic E-state index is 12.4. The molecule has 2 aromatic rings. The number of aromatic hydroxyl groups is 1. The van der Waals surface area contributed by atoms with Crippen LogP contribution in [-0.4, -0.2) is 65.7 Å². The zero-order valence-electron chi connectivity index (χ0n) is 14.3. The number of nitrogens with zero attached hydrogens (tertiary/aromatic N) is 4. The molecule has 2 N–H and O–H groups in total. The van der Waals surface area contributed by atoms with Crippen LogP contribution in [0.3, 0.4) is 0 Å². The number of nitrogens with one attached hydrogen (secondary N) is 1. The van der Waals surface area contributed by atoms with E-state index in [1.165, 1.54) is 0 Å². The first-order valence-corrected chi connectivity index (χ1v) is 8.27. The number of phenols is 1. The van der Waals surface area contributed by atoms with Gasteiger partial charge in [-0.2, -0.15) is 5.10 Å². The number of hydrogen-bond donors (Lipinski definition) is 2. The number of phenolic OH excluding ortho intramolecular Hbond substituents is 1. The average Bonchev–Trinajstić information content (AvgIpc) is 3.07. The molecule has 0 spiro atoms. The van der Waals surface area contributed by atoms with Crippen molar-refractivity contribution >= 4 is 17.4 Å². The second-order valence-electron chi connectivity index (χ2n) is 5.91. The third-order valence-electron chi connectivity index (χ3n) is 4.17. The van der Waals surface area contributed by atoms with Gasteiger partial charge >= 0.3 is 6.03 Å². The molecular weight excluding hydrogens is 322 g/mol. The van der Waals surface area contributed by atoms with Crippen molar-refractivity contribution < 1.29 is 14.6 Å². The molecule has 3 rings (SSSR count). The number of benzene rings is 1. The van der Waals surface area contributed by atoms with Gasteiger partial charge in [-0.15, -0.1) is 0 Å².